The van der Waals surface area contributed by atoms with E-state index in [9.17, 15) is 0 Å². The SMILES string of the molecule is Ic1cccc([C@H]2CNCCN2)c1. The topological polar surface area (TPSA) is 24.1 Å². The van der Waals surface area contributed by atoms with Crippen molar-refractivity contribution in [3.63, 3.8) is 0 Å². The van der Waals surface area contributed by atoms with Gasteiger partial charge in [0.15, 0.2) is 0 Å². The number of nitrogens with one attached hydrogen (secondary N) is 2. The Kier molecular flexibility index (Phi) is 3.18. The normalized spacial score (nSPS) is 23.0. The second-order valence-electron chi connectivity index (χ2n) is 3.27. The average molecular weight is 288 g/mol. The Balaban J connectivity index is 2.14. The molecule has 0 bridgehead atoms. The molecule has 1 aliphatic rings. The molecule has 1 heterocycles. The summed E-state index contributed by atoms with van der Waals surface area (Å²) in [5.74, 6) is 0. The summed E-state index contributed by atoms with van der Waals surface area (Å²) in [7, 11) is 0. The molecule has 1 saturated heterocycles. The van der Waals surface area contributed by atoms with Crippen LogP contribution in [0.1, 0.15) is 11.6 Å². The summed E-state index contributed by atoms with van der Waals surface area (Å²) in [5.41, 5.74) is 1.39. The van der Waals surface area contributed by atoms with Crippen molar-refractivity contribution in [2.75, 3.05) is 19.6 Å². The van der Waals surface area contributed by atoms with Gasteiger partial charge in [0.05, 0.1) is 0 Å². The Morgan fingerprint density at radius 2 is 2.23 bits per heavy atom. The van der Waals surface area contributed by atoms with Crippen LogP contribution in [0.3, 0.4) is 0 Å². The molecule has 1 aromatic rings. The fourth-order valence-electron chi connectivity index (χ4n) is 1.61. The smallest absolute Gasteiger partial charge is 0.0447 e. The lowest BCUT2D eigenvalue weighted by molar-refractivity contribution is 0.430. The molecular weight excluding hydrogens is 275 g/mol. The largest absolute Gasteiger partial charge is 0.314 e. The summed E-state index contributed by atoms with van der Waals surface area (Å²) >= 11 is 2.35. The van der Waals surface area contributed by atoms with Crippen LogP contribution >= 0.6 is 22.6 Å². The highest BCUT2D eigenvalue weighted by Gasteiger charge is 2.13. The number of hydrogen-bond acceptors (Lipinski definition) is 2. The number of hydrogen-bond donors (Lipinski definition) is 2. The van der Waals surface area contributed by atoms with Crippen LogP contribution < -0.4 is 10.6 Å². The summed E-state index contributed by atoms with van der Waals surface area (Å²) < 4.78 is 1.31. The zero-order chi connectivity index (χ0) is 9.10. The first-order valence-corrected chi connectivity index (χ1v) is 5.64. The molecule has 0 saturated carbocycles. The van der Waals surface area contributed by atoms with Crippen LogP contribution in [0, 0.1) is 3.57 Å². The minimum absolute atomic E-state index is 0.489. The highest BCUT2D eigenvalue weighted by molar-refractivity contribution is 14.1. The number of piperazine rings is 1. The van der Waals surface area contributed by atoms with Crippen molar-refractivity contribution in [2.45, 2.75) is 6.04 Å². The van der Waals surface area contributed by atoms with Crippen molar-refractivity contribution >= 4 is 22.6 Å². The second kappa shape index (κ2) is 4.39. The molecule has 70 valence electrons. The third-order valence-corrected chi connectivity index (χ3v) is 2.96. The molecule has 0 amide bonds. The molecule has 1 aliphatic heterocycles. The summed E-state index contributed by atoms with van der Waals surface area (Å²) in [6.45, 7) is 3.19. The van der Waals surface area contributed by atoms with Crippen molar-refractivity contribution in [2.24, 2.45) is 0 Å². The molecule has 1 fully saturated rings. The monoisotopic (exact) mass is 288 g/mol. The third-order valence-electron chi connectivity index (χ3n) is 2.29. The van der Waals surface area contributed by atoms with E-state index < -0.39 is 0 Å². The van der Waals surface area contributed by atoms with Crippen molar-refractivity contribution in [3.8, 4) is 0 Å². The average Bonchev–Trinajstić information content (AvgIpc) is 2.19. The van der Waals surface area contributed by atoms with E-state index in [0.29, 0.717) is 6.04 Å². The van der Waals surface area contributed by atoms with E-state index in [1.54, 1.807) is 0 Å². The van der Waals surface area contributed by atoms with Gasteiger partial charge in [0.25, 0.3) is 0 Å². The summed E-state index contributed by atoms with van der Waals surface area (Å²) in [6, 6.07) is 9.16. The Hall–Kier alpha value is -0.130. The van der Waals surface area contributed by atoms with Crippen LogP contribution in [0.4, 0.5) is 0 Å². The van der Waals surface area contributed by atoms with Gasteiger partial charge in [-0.05, 0) is 40.3 Å². The van der Waals surface area contributed by atoms with E-state index >= 15 is 0 Å². The van der Waals surface area contributed by atoms with Crippen LogP contribution in [0.15, 0.2) is 24.3 Å². The van der Waals surface area contributed by atoms with Gasteiger partial charge < -0.3 is 10.6 Å². The quantitative estimate of drug-likeness (QED) is 0.766. The van der Waals surface area contributed by atoms with Gasteiger partial charge >= 0.3 is 0 Å². The highest BCUT2D eigenvalue weighted by Crippen LogP contribution is 2.16. The molecule has 3 heteroatoms. The van der Waals surface area contributed by atoms with Crippen molar-refractivity contribution in [1.29, 1.82) is 0 Å². The van der Waals surface area contributed by atoms with Crippen LogP contribution in [0.5, 0.6) is 0 Å². The van der Waals surface area contributed by atoms with Crippen molar-refractivity contribution in [3.05, 3.63) is 33.4 Å². The lowest BCUT2D eigenvalue weighted by Crippen LogP contribution is -2.42. The third kappa shape index (κ3) is 2.42. The fourth-order valence-corrected chi connectivity index (χ4v) is 2.18. The Morgan fingerprint density at radius 1 is 1.31 bits per heavy atom. The lowest BCUT2D eigenvalue weighted by Gasteiger charge is -2.24. The summed E-state index contributed by atoms with van der Waals surface area (Å²) in [5, 5.41) is 6.88. The van der Waals surface area contributed by atoms with Gasteiger partial charge in [-0.2, -0.15) is 0 Å². The molecule has 1 aromatic carbocycles. The highest BCUT2D eigenvalue weighted by atomic mass is 127. The lowest BCUT2D eigenvalue weighted by atomic mass is 10.1. The Bertz CT molecular complexity index is 282. The van der Waals surface area contributed by atoms with Gasteiger partial charge in [0.1, 0.15) is 0 Å². The fraction of sp³-hybridized carbons (Fsp3) is 0.400. The van der Waals surface area contributed by atoms with Gasteiger partial charge in [-0.3, -0.25) is 0 Å². The molecule has 0 radical (unpaired) electrons. The molecule has 13 heavy (non-hydrogen) atoms. The number of benzene rings is 1. The summed E-state index contributed by atoms with van der Waals surface area (Å²) in [4.78, 5) is 0. The standard InChI is InChI=1S/C10H13IN2/c11-9-3-1-2-8(6-9)10-7-12-4-5-13-10/h1-3,6,10,12-13H,4-5,7H2/t10-/m1/s1. The van der Waals surface area contributed by atoms with E-state index in [2.05, 4.69) is 57.5 Å². The van der Waals surface area contributed by atoms with Gasteiger partial charge in [0, 0.05) is 29.2 Å². The van der Waals surface area contributed by atoms with Gasteiger partial charge in [0.2, 0.25) is 0 Å². The number of rotatable bonds is 1. The molecule has 1 atom stereocenters. The predicted molar refractivity (Wildman–Crippen MR) is 62.8 cm³/mol. The minimum Gasteiger partial charge on any atom is -0.314 e. The van der Waals surface area contributed by atoms with E-state index in [4.69, 9.17) is 0 Å². The van der Waals surface area contributed by atoms with Crippen molar-refractivity contribution in [1.82, 2.24) is 10.6 Å². The van der Waals surface area contributed by atoms with Crippen LogP contribution in [-0.2, 0) is 0 Å². The maximum absolute atomic E-state index is 3.50. The van der Waals surface area contributed by atoms with Gasteiger partial charge in [-0.1, -0.05) is 12.1 Å². The second-order valence-corrected chi connectivity index (χ2v) is 4.51. The molecule has 2 rings (SSSR count). The molecule has 0 spiro atoms. The molecule has 2 N–H and O–H groups in total. The molecule has 0 aliphatic carbocycles. The zero-order valence-corrected chi connectivity index (χ0v) is 9.54. The summed E-state index contributed by atoms with van der Waals surface area (Å²) in [6.07, 6.45) is 0. The van der Waals surface area contributed by atoms with E-state index in [1.165, 1.54) is 9.13 Å². The maximum Gasteiger partial charge on any atom is 0.0447 e. The molecule has 0 aromatic heterocycles. The van der Waals surface area contributed by atoms with Crippen molar-refractivity contribution < 1.29 is 0 Å². The van der Waals surface area contributed by atoms with E-state index in [1.807, 2.05) is 0 Å². The van der Waals surface area contributed by atoms with E-state index in [-0.39, 0.29) is 0 Å². The molecular formula is C10H13IN2. The van der Waals surface area contributed by atoms with Gasteiger partial charge in [-0.15, -0.1) is 0 Å². The van der Waals surface area contributed by atoms with E-state index in [0.717, 1.165) is 19.6 Å². The van der Waals surface area contributed by atoms with Crippen LogP contribution in [-0.4, -0.2) is 19.6 Å². The molecule has 2 nitrogen and oxygen atoms in total. The minimum atomic E-state index is 0.489. The number of halogens is 1. The first kappa shape index (κ1) is 9.43. The molecule has 0 unspecified atom stereocenters. The Morgan fingerprint density at radius 3 is 2.92 bits per heavy atom. The first-order chi connectivity index (χ1) is 6.36. The van der Waals surface area contributed by atoms with Crippen LogP contribution in [0.2, 0.25) is 0 Å². The van der Waals surface area contributed by atoms with Gasteiger partial charge in [-0.25, -0.2) is 0 Å². The first-order valence-electron chi connectivity index (χ1n) is 4.56. The predicted octanol–water partition coefficient (Wildman–Crippen LogP) is 1.53. The Labute approximate surface area is 92.2 Å². The zero-order valence-electron chi connectivity index (χ0n) is 7.39. The van der Waals surface area contributed by atoms with Crippen LogP contribution in [0.25, 0.3) is 0 Å². The maximum atomic E-state index is 3.50.